The highest BCUT2D eigenvalue weighted by Gasteiger charge is 2.43. The summed E-state index contributed by atoms with van der Waals surface area (Å²) >= 11 is 0. The molecule has 0 bridgehead atoms. The van der Waals surface area contributed by atoms with Crippen LogP contribution in [0.2, 0.25) is 0 Å². The van der Waals surface area contributed by atoms with Gasteiger partial charge in [0, 0.05) is 18.9 Å². The summed E-state index contributed by atoms with van der Waals surface area (Å²) in [6, 6.07) is 13.3. The van der Waals surface area contributed by atoms with Crippen molar-refractivity contribution in [1.29, 1.82) is 0 Å². The molecule has 2 aromatic rings. The first-order valence-corrected chi connectivity index (χ1v) is 9.23. The van der Waals surface area contributed by atoms with Gasteiger partial charge in [-0.05, 0) is 36.0 Å². The number of aryl methyl sites for hydroxylation is 1. The number of hydrogen-bond acceptors (Lipinski definition) is 4. The van der Waals surface area contributed by atoms with E-state index in [1.807, 2.05) is 47.4 Å². The molecule has 1 aliphatic rings. The first-order chi connectivity index (χ1) is 12.6. The molecule has 1 aromatic heterocycles. The average molecular weight is 353 g/mol. The van der Waals surface area contributed by atoms with E-state index in [2.05, 4.69) is 24.1 Å². The third-order valence-corrected chi connectivity index (χ3v) is 4.90. The number of rotatable bonds is 7. The molecule has 1 saturated heterocycles. The number of amides is 1. The Morgan fingerprint density at radius 2 is 1.88 bits per heavy atom. The lowest BCUT2D eigenvalue weighted by atomic mass is 10.0. The van der Waals surface area contributed by atoms with Gasteiger partial charge in [0.15, 0.2) is 0 Å². The number of benzene rings is 1. The molecule has 1 aromatic carbocycles. The number of nitrogens with one attached hydrogen (secondary N) is 1. The van der Waals surface area contributed by atoms with Gasteiger partial charge in [0.05, 0.1) is 12.3 Å². The fraction of sp³-hybridized carbons (Fsp3) is 0.429. The number of nitrogens with zero attached hydrogens (tertiary/aromatic N) is 2. The van der Waals surface area contributed by atoms with Gasteiger partial charge in [-0.25, -0.2) is 0 Å². The van der Waals surface area contributed by atoms with E-state index in [-0.39, 0.29) is 18.0 Å². The molecule has 1 fully saturated rings. The largest absolute Gasteiger partial charge is 0.391 e. The standard InChI is InChI=1S/C21H27N3O2/c1-15(2)20-23-19(18(25)11-10-16-7-4-3-5-8-16)21(26)24(20)14-17-9-6-12-22-13-17/h3-9,12-13,15,18-20,23,25H,10-11,14H2,1-2H3/t18-,19+,20?/m1/s1. The predicted octanol–water partition coefficient (Wildman–Crippen LogP) is 2.36. The first kappa shape index (κ1) is 18.5. The zero-order chi connectivity index (χ0) is 18.5. The molecule has 0 spiro atoms. The van der Waals surface area contributed by atoms with Gasteiger partial charge in [-0.15, -0.1) is 0 Å². The van der Waals surface area contributed by atoms with E-state index in [4.69, 9.17) is 0 Å². The van der Waals surface area contributed by atoms with Crippen LogP contribution in [0.3, 0.4) is 0 Å². The summed E-state index contributed by atoms with van der Waals surface area (Å²) in [6.07, 6.45) is 4.02. The van der Waals surface area contributed by atoms with Crippen molar-refractivity contribution < 1.29 is 9.90 Å². The van der Waals surface area contributed by atoms with Gasteiger partial charge in [0.2, 0.25) is 5.91 Å². The lowest BCUT2D eigenvalue weighted by Gasteiger charge is -2.27. The lowest BCUT2D eigenvalue weighted by molar-refractivity contribution is -0.133. The molecule has 0 radical (unpaired) electrons. The molecular formula is C21H27N3O2. The van der Waals surface area contributed by atoms with Crippen LogP contribution in [-0.4, -0.2) is 39.2 Å². The maximum atomic E-state index is 13.0. The number of aliphatic hydroxyl groups is 1. The summed E-state index contributed by atoms with van der Waals surface area (Å²) < 4.78 is 0. The molecule has 2 heterocycles. The molecule has 5 heteroatoms. The molecular weight excluding hydrogens is 326 g/mol. The van der Waals surface area contributed by atoms with Gasteiger partial charge in [-0.2, -0.15) is 0 Å². The molecule has 5 nitrogen and oxygen atoms in total. The molecule has 26 heavy (non-hydrogen) atoms. The Morgan fingerprint density at radius 1 is 1.15 bits per heavy atom. The molecule has 0 saturated carbocycles. The van der Waals surface area contributed by atoms with Crippen molar-refractivity contribution in [2.24, 2.45) is 5.92 Å². The molecule has 3 atom stereocenters. The van der Waals surface area contributed by atoms with Crippen molar-refractivity contribution in [1.82, 2.24) is 15.2 Å². The Labute approximate surface area is 155 Å². The molecule has 138 valence electrons. The van der Waals surface area contributed by atoms with Crippen molar-refractivity contribution in [3.05, 3.63) is 66.0 Å². The second kappa shape index (κ2) is 8.43. The average Bonchev–Trinajstić information content (AvgIpc) is 2.98. The van der Waals surface area contributed by atoms with Gasteiger partial charge < -0.3 is 10.0 Å². The first-order valence-electron chi connectivity index (χ1n) is 9.23. The summed E-state index contributed by atoms with van der Waals surface area (Å²) in [6.45, 7) is 4.67. The van der Waals surface area contributed by atoms with E-state index < -0.39 is 12.1 Å². The highest BCUT2D eigenvalue weighted by molar-refractivity contribution is 5.85. The van der Waals surface area contributed by atoms with Crippen LogP contribution in [0.25, 0.3) is 0 Å². The number of aliphatic hydroxyl groups excluding tert-OH is 1. The monoisotopic (exact) mass is 353 g/mol. The molecule has 2 N–H and O–H groups in total. The lowest BCUT2D eigenvalue weighted by Crippen LogP contribution is -2.43. The van der Waals surface area contributed by atoms with E-state index >= 15 is 0 Å². The number of hydrogen-bond donors (Lipinski definition) is 2. The van der Waals surface area contributed by atoms with Crippen LogP contribution in [0, 0.1) is 5.92 Å². The van der Waals surface area contributed by atoms with Gasteiger partial charge in [0.25, 0.3) is 0 Å². The molecule has 0 aliphatic carbocycles. The van der Waals surface area contributed by atoms with E-state index in [1.54, 1.807) is 12.4 Å². The van der Waals surface area contributed by atoms with Gasteiger partial charge in [-0.1, -0.05) is 50.2 Å². The third kappa shape index (κ3) is 4.29. The summed E-state index contributed by atoms with van der Waals surface area (Å²) in [5.74, 6) is 0.218. The molecule has 3 rings (SSSR count). The normalized spacial score (nSPS) is 21.4. The smallest absolute Gasteiger partial charge is 0.244 e. The van der Waals surface area contributed by atoms with E-state index in [9.17, 15) is 9.90 Å². The SMILES string of the molecule is CC(C)C1N[C@@H]([C@H](O)CCc2ccccc2)C(=O)N1Cc1cccnc1. The van der Waals surface area contributed by atoms with Crippen LogP contribution in [0.5, 0.6) is 0 Å². The van der Waals surface area contributed by atoms with Gasteiger partial charge in [-0.3, -0.25) is 15.1 Å². The van der Waals surface area contributed by atoms with Crippen LogP contribution in [0.4, 0.5) is 0 Å². The summed E-state index contributed by atoms with van der Waals surface area (Å²) in [4.78, 5) is 18.9. The van der Waals surface area contributed by atoms with Crippen molar-refractivity contribution in [3.63, 3.8) is 0 Å². The molecule has 1 unspecified atom stereocenters. The third-order valence-electron chi connectivity index (χ3n) is 4.90. The maximum absolute atomic E-state index is 13.0. The van der Waals surface area contributed by atoms with E-state index in [0.29, 0.717) is 13.0 Å². The van der Waals surface area contributed by atoms with E-state index in [1.165, 1.54) is 5.56 Å². The van der Waals surface area contributed by atoms with E-state index in [0.717, 1.165) is 12.0 Å². The zero-order valence-corrected chi connectivity index (χ0v) is 15.4. The van der Waals surface area contributed by atoms with Crippen LogP contribution < -0.4 is 5.32 Å². The second-order valence-corrected chi connectivity index (χ2v) is 7.25. The Morgan fingerprint density at radius 3 is 2.54 bits per heavy atom. The second-order valence-electron chi connectivity index (χ2n) is 7.25. The quantitative estimate of drug-likeness (QED) is 0.802. The Balaban J connectivity index is 1.67. The Bertz CT molecular complexity index is 706. The van der Waals surface area contributed by atoms with Crippen LogP contribution in [0.15, 0.2) is 54.9 Å². The number of aromatic nitrogens is 1. The number of carbonyl (C=O) groups excluding carboxylic acids is 1. The van der Waals surface area contributed by atoms with Crippen molar-refractivity contribution >= 4 is 5.91 Å². The van der Waals surface area contributed by atoms with Crippen molar-refractivity contribution in [2.45, 2.75) is 51.5 Å². The minimum absolute atomic E-state index is 0.0342. The fourth-order valence-corrected chi connectivity index (χ4v) is 3.48. The highest BCUT2D eigenvalue weighted by Crippen LogP contribution is 2.23. The molecule has 1 aliphatic heterocycles. The number of pyridine rings is 1. The summed E-state index contributed by atoms with van der Waals surface area (Å²) in [7, 11) is 0. The van der Waals surface area contributed by atoms with Crippen LogP contribution in [-0.2, 0) is 17.8 Å². The van der Waals surface area contributed by atoms with Crippen molar-refractivity contribution in [3.8, 4) is 0 Å². The highest BCUT2D eigenvalue weighted by atomic mass is 16.3. The zero-order valence-electron chi connectivity index (χ0n) is 15.4. The van der Waals surface area contributed by atoms with Gasteiger partial charge >= 0.3 is 0 Å². The Kier molecular flexibility index (Phi) is 6.01. The topological polar surface area (TPSA) is 65.5 Å². The minimum Gasteiger partial charge on any atom is -0.391 e. The predicted molar refractivity (Wildman–Crippen MR) is 101 cm³/mol. The minimum atomic E-state index is -0.706. The van der Waals surface area contributed by atoms with Gasteiger partial charge in [0.1, 0.15) is 6.04 Å². The molecule has 1 amide bonds. The summed E-state index contributed by atoms with van der Waals surface area (Å²) in [5, 5.41) is 14.0. The Hall–Kier alpha value is -2.24. The van der Waals surface area contributed by atoms with Crippen molar-refractivity contribution in [2.75, 3.05) is 0 Å². The maximum Gasteiger partial charge on any atom is 0.244 e. The number of carbonyl (C=O) groups is 1. The summed E-state index contributed by atoms with van der Waals surface area (Å²) in [5.41, 5.74) is 2.16. The van der Waals surface area contributed by atoms with Crippen LogP contribution in [0.1, 0.15) is 31.4 Å². The fourth-order valence-electron chi connectivity index (χ4n) is 3.48. The van der Waals surface area contributed by atoms with Crippen LogP contribution >= 0.6 is 0 Å².